The van der Waals surface area contributed by atoms with Crippen LogP contribution in [0.15, 0.2) is 12.4 Å². The second-order valence-corrected chi connectivity index (χ2v) is 7.21. The fourth-order valence-corrected chi connectivity index (χ4v) is 3.97. The normalized spacial score (nSPS) is 27.8. The number of aryl methyl sites for hydroxylation is 1. The molecule has 2 rings (SSSR count). The van der Waals surface area contributed by atoms with E-state index >= 15 is 0 Å². The topological polar surface area (TPSA) is 29.9 Å². The Kier molecular flexibility index (Phi) is 4.90. The zero-order chi connectivity index (χ0) is 14.8. The van der Waals surface area contributed by atoms with Crippen LogP contribution in [-0.4, -0.2) is 22.6 Å². The molecule has 1 N–H and O–H groups in total. The van der Waals surface area contributed by atoms with Gasteiger partial charge in [0.25, 0.3) is 0 Å². The summed E-state index contributed by atoms with van der Waals surface area (Å²) in [7, 11) is 2.12. The first kappa shape index (κ1) is 15.6. The molecule has 1 aromatic rings. The van der Waals surface area contributed by atoms with E-state index in [1.54, 1.807) is 0 Å². The molecule has 0 bridgehead atoms. The molecule has 0 radical (unpaired) electrons. The van der Waals surface area contributed by atoms with Gasteiger partial charge >= 0.3 is 0 Å². The zero-order valence-corrected chi connectivity index (χ0v) is 13.8. The van der Waals surface area contributed by atoms with Gasteiger partial charge in [0, 0.05) is 31.4 Å². The van der Waals surface area contributed by atoms with Crippen LogP contribution in [0.2, 0.25) is 0 Å². The van der Waals surface area contributed by atoms with Gasteiger partial charge in [-0.05, 0) is 44.1 Å². The highest BCUT2D eigenvalue weighted by Gasteiger charge is 2.38. The molecule has 0 spiro atoms. The molecule has 3 unspecified atom stereocenters. The number of hydrogen-bond donors (Lipinski definition) is 1. The fraction of sp³-hybridized carbons (Fsp3) is 0.824. The highest BCUT2D eigenvalue weighted by Crippen LogP contribution is 2.42. The molecule has 1 aromatic heterocycles. The molecule has 1 aliphatic rings. The quantitative estimate of drug-likeness (QED) is 0.893. The number of imidazole rings is 1. The Morgan fingerprint density at radius 2 is 2.15 bits per heavy atom. The summed E-state index contributed by atoms with van der Waals surface area (Å²) in [6.07, 6.45) is 9.14. The van der Waals surface area contributed by atoms with Crippen LogP contribution in [0.25, 0.3) is 0 Å². The van der Waals surface area contributed by atoms with Crippen LogP contribution in [-0.2, 0) is 13.0 Å². The number of nitrogens with zero attached hydrogens (tertiary/aromatic N) is 2. The summed E-state index contributed by atoms with van der Waals surface area (Å²) >= 11 is 0. The van der Waals surface area contributed by atoms with Gasteiger partial charge in [-0.25, -0.2) is 4.98 Å². The molecule has 0 aliphatic heterocycles. The summed E-state index contributed by atoms with van der Waals surface area (Å²) in [5.74, 6) is 2.84. The lowest BCUT2D eigenvalue weighted by Gasteiger charge is -2.44. The van der Waals surface area contributed by atoms with Gasteiger partial charge in [-0.1, -0.05) is 27.2 Å². The van der Waals surface area contributed by atoms with E-state index in [2.05, 4.69) is 55.8 Å². The molecule has 114 valence electrons. The Labute approximate surface area is 124 Å². The zero-order valence-electron chi connectivity index (χ0n) is 13.8. The highest BCUT2D eigenvalue weighted by atomic mass is 15.1. The molecule has 3 heteroatoms. The van der Waals surface area contributed by atoms with E-state index in [4.69, 9.17) is 0 Å². The maximum absolute atomic E-state index is 4.58. The second kappa shape index (κ2) is 6.30. The van der Waals surface area contributed by atoms with Crippen LogP contribution in [0.4, 0.5) is 0 Å². The van der Waals surface area contributed by atoms with Crippen molar-refractivity contribution in [1.82, 2.24) is 14.9 Å². The van der Waals surface area contributed by atoms with Crippen molar-refractivity contribution in [2.24, 2.45) is 17.3 Å². The van der Waals surface area contributed by atoms with Gasteiger partial charge in [0.1, 0.15) is 5.82 Å². The van der Waals surface area contributed by atoms with Gasteiger partial charge in [-0.2, -0.15) is 0 Å². The van der Waals surface area contributed by atoms with Crippen molar-refractivity contribution in [3.05, 3.63) is 18.2 Å². The molecule has 1 aliphatic carbocycles. The molecule has 1 saturated carbocycles. The smallest absolute Gasteiger partial charge is 0.109 e. The first-order valence-corrected chi connectivity index (χ1v) is 8.15. The van der Waals surface area contributed by atoms with E-state index in [1.165, 1.54) is 25.1 Å². The SMILES string of the molecule is CCn1ccnc1CC(C)(C)C1CCC(C)CC1NC. The number of rotatable bonds is 5. The summed E-state index contributed by atoms with van der Waals surface area (Å²) in [4.78, 5) is 4.58. The minimum Gasteiger partial charge on any atom is -0.335 e. The fourth-order valence-electron chi connectivity index (χ4n) is 3.97. The van der Waals surface area contributed by atoms with E-state index in [0.29, 0.717) is 11.5 Å². The first-order valence-electron chi connectivity index (χ1n) is 8.15. The van der Waals surface area contributed by atoms with Crippen molar-refractivity contribution in [2.45, 2.75) is 66.0 Å². The molecule has 0 saturated heterocycles. The summed E-state index contributed by atoms with van der Waals surface area (Å²) < 4.78 is 2.28. The van der Waals surface area contributed by atoms with Gasteiger partial charge in [0.2, 0.25) is 0 Å². The average molecular weight is 277 g/mol. The number of aromatic nitrogens is 2. The van der Waals surface area contributed by atoms with Crippen molar-refractivity contribution in [2.75, 3.05) is 7.05 Å². The lowest BCUT2D eigenvalue weighted by atomic mass is 9.65. The maximum atomic E-state index is 4.58. The Morgan fingerprint density at radius 3 is 2.80 bits per heavy atom. The third-order valence-corrected chi connectivity index (χ3v) is 5.24. The van der Waals surface area contributed by atoms with Gasteiger partial charge in [-0.3, -0.25) is 0 Å². The van der Waals surface area contributed by atoms with Crippen molar-refractivity contribution < 1.29 is 0 Å². The molecule has 1 fully saturated rings. The second-order valence-electron chi connectivity index (χ2n) is 7.21. The summed E-state index contributed by atoms with van der Waals surface area (Å²) in [6, 6.07) is 0.652. The molecule has 1 heterocycles. The standard InChI is InChI=1S/C17H31N3/c1-6-20-10-9-19-16(20)12-17(3,4)14-8-7-13(2)11-15(14)18-5/h9-10,13-15,18H,6-8,11-12H2,1-5H3. The predicted molar refractivity (Wildman–Crippen MR) is 84.7 cm³/mol. The van der Waals surface area contributed by atoms with Crippen LogP contribution >= 0.6 is 0 Å². The van der Waals surface area contributed by atoms with E-state index in [0.717, 1.165) is 24.8 Å². The first-order chi connectivity index (χ1) is 9.47. The summed E-state index contributed by atoms with van der Waals surface area (Å²) in [6.45, 7) is 10.4. The van der Waals surface area contributed by atoms with Crippen LogP contribution in [0.3, 0.4) is 0 Å². The number of hydrogen-bond acceptors (Lipinski definition) is 2. The Bertz CT molecular complexity index is 422. The van der Waals surface area contributed by atoms with Crippen molar-refractivity contribution in [3.8, 4) is 0 Å². The van der Waals surface area contributed by atoms with Gasteiger partial charge in [-0.15, -0.1) is 0 Å². The van der Waals surface area contributed by atoms with Crippen LogP contribution in [0.1, 0.15) is 52.8 Å². The van der Waals surface area contributed by atoms with Crippen molar-refractivity contribution in [3.63, 3.8) is 0 Å². The van der Waals surface area contributed by atoms with E-state index in [-0.39, 0.29) is 0 Å². The van der Waals surface area contributed by atoms with E-state index in [9.17, 15) is 0 Å². The van der Waals surface area contributed by atoms with Crippen LogP contribution in [0, 0.1) is 17.3 Å². The highest BCUT2D eigenvalue weighted by molar-refractivity contribution is 5.00. The van der Waals surface area contributed by atoms with Crippen molar-refractivity contribution >= 4 is 0 Å². The van der Waals surface area contributed by atoms with Gasteiger partial charge in [0.05, 0.1) is 0 Å². The molecule has 3 atom stereocenters. The van der Waals surface area contributed by atoms with Gasteiger partial charge < -0.3 is 9.88 Å². The number of nitrogens with one attached hydrogen (secondary N) is 1. The Hall–Kier alpha value is -0.830. The Balaban J connectivity index is 2.12. The summed E-state index contributed by atoms with van der Waals surface area (Å²) in [5.41, 5.74) is 0.298. The third-order valence-electron chi connectivity index (χ3n) is 5.24. The lowest BCUT2D eigenvalue weighted by molar-refractivity contribution is 0.0956. The Morgan fingerprint density at radius 1 is 1.40 bits per heavy atom. The minimum atomic E-state index is 0.298. The minimum absolute atomic E-state index is 0.298. The molecule has 0 amide bonds. The van der Waals surface area contributed by atoms with E-state index < -0.39 is 0 Å². The van der Waals surface area contributed by atoms with Gasteiger partial charge in [0.15, 0.2) is 0 Å². The maximum Gasteiger partial charge on any atom is 0.109 e. The van der Waals surface area contributed by atoms with E-state index in [1.807, 2.05) is 6.20 Å². The lowest BCUT2D eigenvalue weighted by Crippen LogP contribution is -2.46. The predicted octanol–water partition coefficient (Wildman–Crippen LogP) is 3.50. The molecular formula is C17H31N3. The molecular weight excluding hydrogens is 246 g/mol. The van der Waals surface area contributed by atoms with Crippen molar-refractivity contribution in [1.29, 1.82) is 0 Å². The summed E-state index contributed by atoms with van der Waals surface area (Å²) in [5, 5.41) is 3.57. The molecule has 3 nitrogen and oxygen atoms in total. The largest absolute Gasteiger partial charge is 0.335 e. The van der Waals surface area contributed by atoms with Crippen LogP contribution in [0.5, 0.6) is 0 Å². The molecule has 20 heavy (non-hydrogen) atoms. The molecule has 0 aromatic carbocycles. The third kappa shape index (κ3) is 3.25. The average Bonchev–Trinajstić information content (AvgIpc) is 2.84. The monoisotopic (exact) mass is 277 g/mol. The van der Waals surface area contributed by atoms with Crippen LogP contribution < -0.4 is 5.32 Å².